The van der Waals surface area contributed by atoms with Crippen LogP contribution >= 0.6 is 0 Å². The summed E-state index contributed by atoms with van der Waals surface area (Å²) < 4.78 is 24.8. The lowest BCUT2D eigenvalue weighted by molar-refractivity contribution is 0.0374. The van der Waals surface area contributed by atoms with Crippen molar-refractivity contribution in [2.24, 2.45) is 0 Å². The molecule has 0 amide bonds. The molecule has 1 aliphatic heterocycles. The summed E-state index contributed by atoms with van der Waals surface area (Å²) in [5.41, 5.74) is 2.15. The van der Waals surface area contributed by atoms with E-state index >= 15 is 0 Å². The molecule has 1 heterocycles. The van der Waals surface area contributed by atoms with Crippen molar-refractivity contribution in [1.82, 2.24) is 4.90 Å². The van der Waals surface area contributed by atoms with Gasteiger partial charge >= 0.3 is 0 Å². The molecule has 0 bridgehead atoms. The minimum Gasteiger partial charge on any atom is -0.489 e. The van der Waals surface area contributed by atoms with Gasteiger partial charge in [-0.05, 0) is 36.6 Å². The van der Waals surface area contributed by atoms with Crippen LogP contribution < -0.4 is 4.74 Å². The molecule has 0 spiro atoms. The van der Waals surface area contributed by atoms with Gasteiger partial charge in [0.1, 0.15) is 18.2 Å². The number of hydrogen-bond acceptors (Lipinski definition) is 3. The zero-order valence-electron chi connectivity index (χ0n) is 13.9. The molecule has 2 aromatic carbocycles. The third-order valence-corrected chi connectivity index (χ3v) is 4.29. The first-order valence-corrected chi connectivity index (χ1v) is 8.56. The first kappa shape index (κ1) is 16.9. The average Bonchev–Trinajstić information content (AvgIpc) is 2.63. The Morgan fingerprint density at radius 1 is 1.04 bits per heavy atom. The zero-order chi connectivity index (χ0) is 16.6. The van der Waals surface area contributed by atoms with Crippen molar-refractivity contribution in [1.29, 1.82) is 0 Å². The lowest BCUT2D eigenvalue weighted by atomic mass is 10.1. The lowest BCUT2D eigenvalue weighted by Crippen LogP contribution is -2.36. The molecular weight excluding hydrogens is 305 g/mol. The van der Waals surface area contributed by atoms with Gasteiger partial charge in [-0.25, -0.2) is 4.39 Å². The van der Waals surface area contributed by atoms with Gasteiger partial charge in [0.15, 0.2) is 0 Å². The zero-order valence-corrected chi connectivity index (χ0v) is 13.9. The number of nitrogens with zero attached hydrogens (tertiary/aromatic N) is 1. The van der Waals surface area contributed by atoms with Gasteiger partial charge in [0, 0.05) is 19.2 Å². The van der Waals surface area contributed by atoms with E-state index in [2.05, 4.69) is 4.90 Å². The monoisotopic (exact) mass is 329 g/mol. The third-order valence-electron chi connectivity index (χ3n) is 4.29. The Morgan fingerprint density at radius 2 is 1.83 bits per heavy atom. The number of benzene rings is 2. The van der Waals surface area contributed by atoms with Crippen LogP contribution in [0.1, 0.15) is 17.5 Å². The lowest BCUT2D eigenvalue weighted by Gasteiger charge is -2.26. The van der Waals surface area contributed by atoms with Crippen molar-refractivity contribution < 1.29 is 13.9 Å². The molecule has 2 aromatic rings. The van der Waals surface area contributed by atoms with E-state index in [-0.39, 0.29) is 5.82 Å². The fraction of sp³-hybridized carbons (Fsp3) is 0.400. The second kappa shape index (κ2) is 8.81. The molecule has 0 radical (unpaired) electrons. The van der Waals surface area contributed by atoms with E-state index in [9.17, 15) is 4.39 Å². The van der Waals surface area contributed by atoms with Crippen molar-refractivity contribution in [3.05, 3.63) is 65.5 Å². The van der Waals surface area contributed by atoms with Crippen LogP contribution in [0.15, 0.2) is 48.5 Å². The topological polar surface area (TPSA) is 21.7 Å². The number of ether oxygens (including phenoxy) is 2. The predicted octanol–water partition coefficient (Wildman–Crippen LogP) is 3.67. The largest absolute Gasteiger partial charge is 0.489 e. The second-order valence-electron chi connectivity index (χ2n) is 6.08. The molecule has 0 atom stereocenters. The molecule has 0 aromatic heterocycles. The van der Waals surface area contributed by atoms with Crippen LogP contribution in [0.5, 0.6) is 5.75 Å². The first-order valence-electron chi connectivity index (χ1n) is 8.56. The smallest absolute Gasteiger partial charge is 0.126 e. The molecule has 0 unspecified atom stereocenters. The number of morpholine rings is 1. The van der Waals surface area contributed by atoms with Crippen LogP contribution in [-0.4, -0.2) is 37.7 Å². The summed E-state index contributed by atoms with van der Waals surface area (Å²) in [6, 6.07) is 14.8. The fourth-order valence-corrected chi connectivity index (χ4v) is 2.92. The van der Waals surface area contributed by atoms with E-state index < -0.39 is 0 Å². The average molecular weight is 329 g/mol. The molecule has 3 nitrogen and oxygen atoms in total. The van der Waals surface area contributed by atoms with Gasteiger partial charge in [-0.1, -0.05) is 36.4 Å². The summed E-state index contributed by atoms with van der Waals surface area (Å²) in [6.45, 7) is 5.14. The molecule has 1 saturated heterocycles. The number of rotatable bonds is 7. The highest BCUT2D eigenvalue weighted by Crippen LogP contribution is 2.23. The van der Waals surface area contributed by atoms with E-state index in [1.54, 1.807) is 0 Å². The molecule has 3 rings (SSSR count). The molecule has 1 fully saturated rings. The van der Waals surface area contributed by atoms with Gasteiger partial charge in [0.2, 0.25) is 0 Å². The minimum absolute atomic E-state index is 0.255. The summed E-state index contributed by atoms with van der Waals surface area (Å²) in [6.07, 6.45) is 1.93. The summed E-state index contributed by atoms with van der Waals surface area (Å²) in [5, 5.41) is 0. The molecule has 0 aliphatic carbocycles. The molecule has 4 heteroatoms. The Hall–Kier alpha value is -1.91. The maximum absolute atomic E-state index is 13.6. The van der Waals surface area contributed by atoms with Crippen molar-refractivity contribution >= 4 is 0 Å². The Morgan fingerprint density at radius 3 is 2.62 bits per heavy atom. The summed E-state index contributed by atoms with van der Waals surface area (Å²) >= 11 is 0. The summed E-state index contributed by atoms with van der Waals surface area (Å²) in [4.78, 5) is 2.41. The van der Waals surface area contributed by atoms with Crippen molar-refractivity contribution in [3.8, 4) is 5.75 Å². The highest BCUT2D eigenvalue weighted by atomic mass is 19.1. The summed E-state index contributed by atoms with van der Waals surface area (Å²) in [5.74, 6) is 0.399. The Kier molecular flexibility index (Phi) is 6.21. The maximum Gasteiger partial charge on any atom is 0.126 e. The van der Waals surface area contributed by atoms with E-state index in [4.69, 9.17) is 9.47 Å². The normalized spacial score (nSPS) is 15.4. The molecule has 1 aliphatic rings. The molecule has 24 heavy (non-hydrogen) atoms. The first-order chi connectivity index (χ1) is 11.8. The number of hydrogen-bond donors (Lipinski definition) is 0. The standard InChI is InChI=1S/C20H24FNO2/c21-19-9-8-18(7-4-10-22-11-13-23-14-12-22)20(15-19)24-16-17-5-2-1-3-6-17/h1-3,5-6,8-9,15H,4,7,10-14,16H2. The van der Waals surface area contributed by atoms with Gasteiger partial charge in [-0.2, -0.15) is 0 Å². The van der Waals surface area contributed by atoms with Crippen LogP contribution in [0, 0.1) is 5.82 Å². The second-order valence-corrected chi connectivity index (χ2v) is 6.08. The van der Waals surface area contributed by atoms with Crippen molar-refractivity contribution in [2.45, 2.75) is 19.4 Å². The van der Waals surface area contributed by atoms with Crippen LogP contribution in [0.4, 0.5) is 4.39 Å². The Bertz CT molecular complexity index is 627. The van der Waals surface area contributed by atoms with E-state index in [1.807, 2.05) is 36.4 Å². The highest BCUT2D eigenvalue weighted by Gasteiger charge is 2.11. The SMILES string of the molecule is Fc1ccc(CCCN2CCOCC2)c(OCc2ccccc2)c1. The van der Waals surface area contributed by atoms with Gasteiger partial charge in [-0.15, -0.1) is 0 Å². The fourth-order valence-electron chi connectivity index (χ4n) is 2.92. The third kappa shape index (κ3) is 5.05. The van der Waals surface area contributed by atoms with Gasteiger partial charge in [0.25, 0.3) is 0 Å². The molecular formula is C20H24FNO2. The quantitative estimate of drug-likeness (QED) is 0.774. The summed E-state index contributed by atoms with van der Waals surface area (Å²) in [7, 11) is 0. The van der Waals surface area contributed by atoms with Crippen LogP contribution in [0.2, 0.25) is 0 Å². The van der Waals surface area contributed by atoms with Gasteiger partial charge in [-0.3, -0.25) is 4.90 Å². The minimum atomic E-state index is -0.255. The van der Waals surface area contributed by atoms with E-state index in [1.165, 1.54) is 12.1 Å². The molecule has 0 saturated carbocycles. The van der Waals surface area contributed by atoms with Gasteiger partial charge in [0.05, 0.1) is 13.2 Å². The van der Waals surface area contributed by atoms with E-state index in [0.29, 0.717) is 12.4 Å². The predicted molar refractivity (Wildman–Crippen MR) is 92.8 cm³/mol. The van der Waals surface area contributed by atoms with Crippen molar-refractivity contribution in [2.75, 3.05) is 32.8 Å². The number of halogens is 1. The van der Waals surface area contributed by atoms with Crippen LogP contribution in [-0.2, 0) is 17.8 Å². The molecule has 128 valence electrons. The molecule has 0 N–H and O–H groups in total. The highest BCUT2D eigenvalue weighted by molar-refractivity contribution is 5.34. The van der Waals surface area contributed by atoms with Gasteiger partial charge < -0.3 is 9.47 Å². The maximum atomic E-state index is 13.6. The van der Waals surface area contributed by atoms with Crippen LogP contribution in [0.25, 0.3) is 0 Å². The van der Waals surface area contributed by atoms with E-state index in [0.717, 1.165) is 56.8 Å². The van der Waals surface area contributed by atoms with Crippen LogP contribution in [0.3, 0.4) is 0 Å². The number of aryl methyl sites for hydroxylation is 1. The van der Waals surface area contributed by atoms with Crippen molar-refractivity contribution in [3.63, 3.8) is 0 Å². The Balaban J connectivity index is 1.56. The Labute approximate surface area is 143 Å².